The molecule has 2 aliphatic rings. The van der Waals surface area contributed by atoms with Crippen LogP contribution in [0.5, 0.6) is 0 Å². The van der Waals surface area contributed by atoms with Gasteiger partial charge in [0, 0.05) is 116 Å². The van der Waals surface area contributed by atoms with Gasteiger partial charge in [-0.1, -0.05) is 54.9 Å². The summed E-state index contributed by atoms with van der Waals surface area (Å²) in [4.78, 5) is 40.8. The van der Waals surface area contributed by atoms with Crippen LogP contribution in [-0.2, 0) is 24.3 Å². The van der Waals surface area contributed by atoms with Crippen LogP contribution in [0.1, 0.15) is 31.9 Å². The SMILES string of the molecule is C.COCCN1CCN(c2n[nH]c(-c3ccc(Cl)cc3)c2-c2ccncn2)CC1.CS(=O)(=O)N1CCC(c2[nH]nc(-c3ccc(Cl)cc3)c2-c2ccncn2)CC1.Cl.O=C(O)/C=C/C(=O)O. The summed E-state index contributed by atoms with van der Waals surface area (Å²) in [6.07, 6.45) is 10.4. The van der Waals surface area contributed by atoms with Crippen LogP contribution >= 0.6 is 35.6 Å². The van der Waals surface area contributed by atoms with Crippen molar-refractivity contribution in [3.8, 4) is 45.0 Å². The maximum atomic E-state index is 11.8. The Hall–Kier alpha value is -5.80. The Morgan fingerprint density at radius 2 is 1.30 bits per heavy atom. The molecule has 0 aliphatic carbocycles. The molecule has 0 atom stereocenters. The van der Waals surface area contributed by atoms with Crippen LogP contribution in [0, 0.1) is 0 Å². The number of nitrogens with one attached hydrogen (secondary N) is 2. The summed E-state index contributed by atoms with van der Waals surface area (Å²) in [5.41, 5.74) is 8.25. The minimum atomic E-state index is -3.16. The first-order valence-electron chi connectivity index (χ1n) is 20.1. The van der Waals surface area contributed by atoms with Crippen molar-refractivity contribution in [3.05, 3.63) is 114 Å². The molecule has 0 bridgehead atoms. The molecule has 22 heteroatoms. The molecule has 66 heavy (non-hydrogen) atoms. The number of hydrogen-bond donors (Lipinski definition) is 4. The van der Waals surface area contributed by atoms with Gasteiger partial charge in [0.05, 0.1) is 35.5 Å². The minimum Gasteiger partial charge on any atom is -0.478 e. The van der Waals surface area contributed by atoms with E-state index in [9.17, 15) is 18.0 Å². The lowest BCUT2D eigenvalue weighted by molar-refractivity contribution is -0.134. The van der Waals surface area contributed by atoms with E-state index in [1.54, 1.807) is 25.8 Å². The number of H-pyrrole nitrogens is 2. The van der Waals surface area contributed by atoms with E-state index < -0.39 is 22.0 Å². The average molecular weight is 985 g/mol. The van der Waals surface area contributed by atoms with Crippen molar-refractivity contribution in [1.82, 2.24) is 49.5 Å². The third-order valence-corrected chi connectivity index (χ3v) is 12.3. The molecule has 6 aromatic rings. The van der Waals surface area contributed by atoms with Crippen LogP contribution in [0.3, 0.4) is 0 Å². The number of aromatic amines is 2. The Balaban J connectivity index is 0.000000242. The number of methoxy groups -OCH3 is 1. The molecule has 0 saturated carbocycles. The maximum absolute atomic E-state index is 11.8. The summed E-state index contributed by atoms with van der Waals surface area (Å²) in [5.74, 6) is -1.41. The zero-order chi connectivity index (χ0) is 45.6. The van der Waals surface area contributed by atoms with Crippen LogP contribution in [0.4, 0.5) is 5.82 Å². The number of carbonyl (C=O) groups is 2. The van der Waals surface area contributed by atoms with Crippen molar-refractivity contribution in [2.24, 2.45) is 0 Å². The van der Waals surface area contributed by atoms with Gasteiger partial charge in [-0.25, -0.2) is 42.2 Å². The molecule has 2 aliphatic heterocycles. The molecular formula is C44H52Cl3N11O7S. The third kappa shape index (κ3) is 14.3. The fourth-order valence-electron chi connectivity index (χ4n) is 7.26. The maximum Gasteiger partial charge on any atom is 0.328 e. The summed E-state index contributed by atoms with van der Waals surface area (Å²) >= 11 is 12.1. The highest BCUT2D eigenvalue weighted by Crippen LogP contribution is 2.40. The van der Waals surface area contributed by atoms with Gasteiger partial charge in [0.1, 0.15) is 18.3 Å². The molecule has 0 spiro atoms. The quantitative estimate of drug-likeness (QED) is 0.0899. The van der Waals surface area contributed by atoms with Gasteiger partial charge in [-0.3, -0.25) is 15.1 Å². The van der Waals surface area contributed by atoms with Gasteiger partial charge in [0.25, 0.3) is 0 Å². The Bertz CT molecular complexity index is 2570. The number of benzene rings is 2. The topological polar surface area (TPSA) is 237 Å². The number of aliphatic carboxylic acids is 2. The first-order chi connectivity index (χ1) is 30.8. The second-order valence-corrected chi connectivity index (χ2v) is 17.5. The van der Waals surface area contributed by atoms with E-state index in [4.69, 9.17) is 38.2 Å². The summed E-state index contributed by atoms with van der Waals surface area (Å²) in [7, 11) is -1.42. The zero-order valence-electron chi connectivity index (χ0n) is 35.4. The number of carboxylic acid groups (broad SMARTS) is 2. The number of piperidine rings is 1. The molecule has 4 aromatic heterocycles. The summed E-state index contributed by atoms with van der Waals surface area (Å²) < 4.78 is 30.4. The minimum absolute atomic E-state index is 0. The summed E-state index contributed by atoms with van der Waals surface area (Å²) in [5, 5.41) is 32.7. The van der Waals surface area contributed by atoms with Crippen molar-refractivity contribution >= 4 is 63.4 Å². The third-order valence-electron chi connectivity index (χ3n) is 10.5. The van der Waals surface area contributed by atoms with Crippen LogP contribution < -0.4 is 4.90 Å². The zero-order valence-corrected chi connectivity index (χ0v) is 38.6. The van der Waals surface area contributed by atoms with E-state index in [0.29, 0.717) is 35.3 Å². The van der Waals surface area contributed by atoms with Gasteiger partial charge in [-0.05, 0) is 49.2 Å². The van der Waals surface area contributed by atoms with Crippen molar-refractivity contribution in [3.63, 3.8) is 0 Å². The highest BCUT2D eigenvalue weighted by atomic mass is 35.5. The second kappa shape index (κ2) is 25.2. The number of hydrogen-bond acceptors (Lipinski definition) is 13. The van der Waals surface area contributed by atoms with E-state index in [1.165, 1.54) is 16.9 Å². The molecule has 2 fully saturated rings. The lowest BCUT2D eigenvalue weighted by atomic mass is 9.89. The molecule has 6 heterocycles. The predicted octanol–water partition coefficient (Wildman–Crippen LogP) is 7.05. The van der Waals surface area contributed by atoms with Gasteiger partial charge in [-0.15, -0.1) is 12.4 Å². The molecule has 4 N–H and O–H groups in total. The fraction of sp³-hybridized carbons (Fsp3) is 0.318. The van der Waals surface area contributed by atoms with Crippen molar-refractivity contribution < 1.29 is 33.0 Å². The number of aromatic nitrogens is 8. The Morgan fingerprint density at radius 1 is 0.773 bits per heavy atom. The van der Waals surface area contributed by atoms with Gasteiger partial charge < -0.3 is 19.8 Å². The number of ether oxygens (including phenoxy) is 1. The molecule has 0 unspecified atom stereocenters. The van der Waals surface area contributed by atoms with E-state index >= 15 is 0 Å². The largest absolute Gasteiger partial charge is 0.478 e. The summed E-state index contributed by atoms with van der Waals surface area (Å²) in [6, 6.07) is 19.1. The first-order valence-corrected chi connectivity index (χ1v) is 22.7. The van der Waals surface area contributed by atoms with E-state index in [2.05, 4.69) is 50.1 Å². The smallest absolute Gasteiger partial charge is 0.328 e. The lowest BCUT2D eigenvalue weighted by Crippen LogP contribution is -2.47. The fourth-order valence-corrected chi connectivity index (χ4v) is 8.38. The van der Waals surface area contributed by atoms with Crippen LogP contribution in [-0.4, -0.2) is 146 Å². The monoisotopic (exact) mass is 983 g/mol. The molecule has 0 amide bonds. The number of piperazine rings is 1. The molecule has 18 nitrogen and oxygen atoms in total. The average Bonchev–Trinajstić information content (AvgIpc) is 3.95. The Kier molecular flexibility index (Phi) is 20.2. The normalized spacial score (nSPS) is 14.5. The Morgan fingerprint density at radius 3 is 1.79 bits per heavy atom. The van der Waals surface area contributed by atoms with Gasteiger partial charge in [0.2, 0.25) is 10.0 Å². The number of anilines is 1. The first kappa shape index (κ1) is 52.8. The number of rotatable bonds is 12. The lowest BCUT2D eigenvalue weighted by Gasteiger charge is -2.35. The van der Waals surface area contributed by atoms with Crippen molar-refractivity contribution in [1.29, 1.82) is 0 Å². The van der Waals surface area contributed by atoms with E-state index in [-0.39, 0.29) is 25.8 Å². The molecule has 0 radical (unpaired) electrons. The predicted molar refractivity (Wildman–Crippen MR) is 257 cm³/mol. The standard InChI is InChI=1S/C20H23ClN6O.C19H20ClN5O2S.C4H4O4.CH4.ClH/c1-28-13-12-26-8-10-27(11-9-26)20-18(17-6-7-22-14-23-17)19(24-25-20)15-2-4-16(21)5-3-15;1-28(26,27)25-10-7-14(8-11-25)19-17(16-6-9-21-12-22-16)18(23-24-19)13-2-4-15(20)5-3-13;5-3(6)1-2-4(7)8;;/h2-7,14H,8-13H2,1H3,(H,24,25);2-6,9,12,14H,7-8,10-11H2,1H3,(H,23,24);1-2H,(H,5,6)(H,7,8);1H4;1H/b;;2-1+;;. The van der Waals surface area contributed by atoms with Crippen LogP contribution in [0.25, 0.3) is 45.0 Å². The summed E-state index contributed by atoms with van der Waals surface area (Å²) in [6.45, 7) is 6.50. The molecule has 2 aromatic carbocycles. The highest BCUT2D eigenvalue weighted by Gasteiger charge is 2.31. The van der Waals surface area contributed by atoms with Gasteiger partial charge in [-0.2, -0.15) is 10.2 Å². The van der Waals surface area contributed by atoms with Gasteiger partial charge in [0.15, 0.2) is 5.82 Å². The van der Waals surface area contributed by atoms with Crippen molar-refractivity contribution in [2.45, 2.75) is 26.2 Å². The Labute approximate surface area is 399 Å². The molecular weight excluding hydrogens is 933 g/mol. The second-order valence-electron chi connectivity index (χ2n) is 14.6. The number of halogens is 3. The van der Waals surface area contributed by atoms with E-state index in [1.807, 2.05) is 60.7 Å². The van der Waals surface area contributed by atoms with Crippen LogP contribution in [0.15, 0.2) is 97.9 Å². The molecule has 2 saturated heterocycles. The highest BCUT2D eigenvalue weighted by molar-refractivity contribution is 7.88. The number of carboxylic acids is 2. The van der Waals surface area contributed by atoms with Crippen LogP contribution in [0.2, 0.25) is 10.0 Å². The number of sulfonamides is 1. The molecule has 8 rings (SSSR count). The molecule has 352 valence electrons. The van der Waals surface area contributed by atoms with Crippen molar-refractivity contribution in [2.75, 3.05) is 70.7 Å². The van der Waals surface area contributed by atoms with E-state index in [0.717, 1.165) is 109 Å². The van der Waals surface area contributed by atoms with Gasteiger partial charge >= 0.3 is 11.9 Å². The number of nitrogens with zero attached hydrogens (tertiary/aromatic N) is 9.